The Balaban J connectivity index is 2.05. The molecule has 0 saturated carbocycles. The Morgan fingerprint density at radius 2 is 2.35 bits per heavy atom. The fourth-order valence-corrected chi connectivity index (χ4v) is 3.33. The van der Waals surface area contributed by atoms with Crippen LogP contribution >= 0.6 is 11.3 Å². The molecule has 1 heterocycles. The first-order valence-electron chi connectivity index (χ1n) is 6.46. The van der Waals surface area contributed by atoms with E-state index in [9.17, 15) is 4.79 Å². The lowest BCUT2D eigenvalue weighted by molar-refractivity contribution is 0.0953. The summed E-state index contributed by atoms with van der Waals surface area (Å²) < 4.78 is 0. The van der Waals surface area contributed by atoms with Crippen LogP contribution in [-0.4, -0.2) is 12.5 Å². The number of fused-ring (bicyclic) bond motifs is 1. The number of aryl methyl sites for hydroxylation is 1. The molecule has 0 spiro atoms. The molecule has 0 bridgehead atoms. The number of rotatable bonds is 3. The second-order valence-corrected chi connectivity index (χ2v) is 6.65. The van der Waals surface area contributed by atoms with Crippen LogP contribution in [0.1, 0.15) is 47.3 Å². The van der Waals surface area contributed by atoms with Crippen molar-refractivity contribution in [3.8, 4) is 0 Å². The summed E-state index contributed by atoms with van der Waals surface area (Å²) >= 11 is 1.69. The van der Waals surface area contributed by atoms with E-state index in [4.69, 9.17) is 0 Å². The molecule has 0 fully saturated rings. The second-order valence-electron chi connectivity index (χ2n) is 5.51. The van der Waals surface area contributed by atoms with E-state index in [0.29, 0.717) is 5.92 Å². The van der Waals surface area contributed by atoms with E-state index in [1.54, 1.807) is 11.3 Å². The molecule has 94 valence electrons. The van der Waals surface area contributed by atoms with E-state index in [1.165, 1.54) is 16.9 Å². The van der Waals surface area contributed by atoms with E-state index in [2.05, 4.69) is 32.2 Å². The summed E-state index contributed by atoms with van der Waals surface area (Å²) in [5.41, 5.74) is 1.41. The quantitative estimate of drug-likeness (QED) is 0.877. The van der Waals surface area contributed by atoms with Crippen molar-refractivity contribution in [2.24, 2.45) is 11.8 Å². The van der Waals surface area contributed by atoms with Gasteiger partial charge in [-0.3, -0.25) is 4.79 Å². The Labute approximate surface area is 107 Å². The Morgan fingerprint density at radius 3 is 3.06 bits per heavy atom. The average molecular weight is 251 g/mol. The molecule has 1 aromatic heterocycles. The number of amides is 1. The standard InChI is InChI=1S/C14H21NOS/c1-9(2)8-15-14(16)13-7-11-6-10(3)4-5-12(11)17-13/h7,9-10H,4-6,8H2,1-3H3,(H,15,16). The van der Waals surface area contributed by atoms with Gasteiger partial charge in [-0.2, -0.15) is 0 Å². The smallest absolute Gasteiger partial charge is 0.261 e. The molecule has 0 aromatic carbocycles. The molecule has 2 rings (SSSR count). The molecule has 1 unspecified atom stereocenters. The maximum absolute atomic E-state index is 11.9. The molecule has 1 aliphatic carbocycles. The predicted molar refractivity (Wildman–Crippen MR) is 72.7 cm³/mol. The molecule has 17 heavy (non-hydrogen) atoms. The zero-order valence-electron chi connectivity index (χ0n) is 10.9. The van der Waals surface area contributed by atoms with Gasteiger partial charge in [0.25, 0.3) is 5.91 Å². The van der Waals surface area contributed by atoms with Gasteiger partial charge in [-0.1, -0.05) is 20.8 Å². The van der Waals surface area contributed by atoms with Crippen LogP contribution in [0.25, 0.3) is 0 Å². The third-order valence-electron chi connectivity index (χ3n) is 3.22. The van der Waals surface area contributed by atoms with E-state index in [0.717, 1.165) is 30.2 Å². The van der Waals surface area contributed by atoms with Crippen LogP contribution in [0, 0.1) is 11.8 Å². The number of hydrogen-bond acceptors (Lipinski definition) is 2. The molecule has 2 nitrogen and oxygen atoms in total. The fourth-order valence-electron chi connectivity index (χ4n) is 2.20. The summed E-state index contributed by atoms with van der Waals surface area (Å²) in [4.78, 5) is 14.3. The van der Waals surface area contributed by atoms with Gasteiger partial charge < -0.3 is 5.32 Å². The van der Waals surface area contributed by atoms with Crippen LogP contribution in [0.3, 0.4) is 0 Å². The van der Waals surface area contributed by atoms with Gasteiger partial charge in [0.05, 0.1) is 4.88 Å². The largest absolute Gasteiger partial charge is 0.351 e. The minimum atomic E-state index is 0.103. The highest BCUT2D eigenvalue weighted by Gasteiger charge is 2.20. The van der Waals surface area contributed by atoms with Gasteiger partial charge in [-0.25, -0.2) is 0 Å². The SMILES string of the molecule is CC(C)CNC(=O)c1cc2c(s1)CCC(C)C2. The van der Waals surface area contributed by atoms with Crippen LogP contribution in [0.4, 0.5) is 0 Å². The van der Waals surface area contributed by atoms with Crippen LogP contribution < -0.4 is 5.32 Å². The van der Waals surface area contributed by atoms with Crippen molar-refractivity contribution in [1.82, 2.24) is 5.32 Å². The van der Waals surface area contributed by atoms with Crippen molar-refractivity contribution >= 4 is 17.2 Å². The minimum absolute atomic E-state index is 0.103. The maximum Gasteiger partial charge on any atom is 0.261 e. The van der Waals surface area contributed by atoms with Crippen molar-refractivity contribution < 1.29 is 4.79 Å². The van der Waals surface area contributed by atoms with Crippen molar-refractivity contribution in [3.05, 3.63) is 21.4 Å². The Hall–Kier alpha value is -0.830. The number of nitrogens with one attached hydrogen (secondary N) is 1. The summed E-state index contributed by atoms with van der Waals surface area (Å²) in [6.07, 6.45) is 3.56. The topological polar surface area (TPSA) is 29.1 Å². The van der Waals surface area contributed by atoms with Crippen LogP contribution in [0.5, 0.6) is 0 Å². The molecular formula is C14H21NOS. The molecular weight excluding hydrogens is 230 g/mol. The van der Waals surface area contributed by atoms with Crippen molar-refractivity contribution in [1.29, 1.82) is 0 Å². The summed E-state index contributed by atoms with van der Waals surface area (Å²) in [7, 11) is 0. The lowest BCUT2D eigenvalue weighted by atomic mass is 9.90. The Kier molecular flexibility index (Phi) is 3.87. The highest BCUT2D eigenvalue weighted by atomic mass is 32.1. The van der Waals surface area contributed by atoms with Crippen molar-refractivity contribution in [3.63, 3.8) is 0 Å². The zero-order chi connectivity index (χ0) is 12.4. The van der Waals surface area contributed by atoms with E-state index in [1.807, 2.05) is 0 Å². The van der Waals surface area contributed by atoms with Gasteiger partial charge in [-0.15, -0.1) is 11.3 Å². The number of carbonyl (C=O) groups excluding carboxylic acids is 1. The highest BCUT2D eigenvalue weighted by molar-refractivity contribution is 7.14. The van der Waals surface area contributed by atoms with Crippen molar-refractivity contribution in [2.75, 3.05) is 6.54 Å². The molecule has 1 aromatic rings. The molecule has 1 atom stereocenters. The third kappa shape index (κ3) is 3.09. The summed E-state index contributed by atoms with van der Waals surface area (Å²) in [6, 6.07) is 2.10. The van der Waals surface area contributed by atoms with Gasteiger partial charge in [0, 0.05) is 11.4 Å². The van der Waals surface area contributed by atoms with Crippen LogP contribution in [0.2, 0.25) is 0 Å². The first kappa shape index (κ1) is 12.6. The van der Waals surface area contributed by atoms with Gasteiger partial charge in [0.2, 0.25) is 0 Å². The molecule has 3 heteroatoms. The van der Waals surface area contributed by atoms with Crippen LogP contribution in [0.15, 0.2) is 6.07 Å². The molecule has 0 saturated heterocycles. The summed E-state index contributed by atoms with van der Waals surface area (Å²) in [6.45, 7) is 7.28. The Morgan fingerprint density at radius 1 is 1.59 bits per heavy atom. The van der Waals surface area contributed by atoms with Gasteiger partial charge in [0.1, 0.15) is 0 Å². The summed E-state index contributed by atoms with van der Waals surface area (Å²) in [5.74, 6) is 1.38. The number of hydrogen-bond donors (Lipinski definition) is 1. The van der Waals surface area contributed by atoms with E-state index >= 15 is 0 Å². The fraction of sp³-hybridized carbons (Fsp3) is 0.643. The first-order valence-corrected chi connectivity index (χ1v) is 7.27. The summed E-state index contributed by atoms with van der Waals surface area (Å²) in [5, 5.41) is 2.99. The zero-order valence-corrected chi connectivity index (χ0v) is 11.7. The molecule has 1 N–H and O–H groups in total. The van der Waals surface area contributed by atoms with E-state index < -0.39 is 0 Å². The molecule has 0 aliphatic heterocycles. The first-order chi connectivity index (χ1) is 8.06. The van der Waals surface area contributed by atoms with Crippen molar-refractivity contribution in [2.45, 2.75) is 40.0 Å². The maximum atomic E-state index is 11.9. The molecule has 1 aliphatic rings. The second kappa shape index (κ2) is 5.21. The lowest BCUT2D eigenvalue weighted by Gasteiger charge is -2.16. The van der Waals surface area contributed by atoms with Gasteiger partial charge in [-0.05, 0) is 42.7 Å². The van der Waals surface area contributed by atoms with E-state index in [-0.39, 0.29) is 5.91 Å². The average Bonchev–Trinajstić information content (AvgIpc) is 2.68. The Bertz CT molecular complexity index is 408. The normalized spacial score (nSPS) is 19.2. The lowest BCUT2D eigenvalue weighted by Crippen LogP contribution is -2.26. The molecule has 0 radical (unpaired) electrons. The van der Waals surface area contributed by atoms with Gasteiger partial charge >= 0.3 is 0 Å². The third-order valence-corrected chi connectivity index (χ3v) is 4.46. The number of thiophene rings is 1. The number of carbonyl (C=O) groups is 1. The molecule has 1 amide bonds. The predicted octanol–water partition coefficient (Wildman–Crippen LogP) is 3.26. The van der Waals surface area contributed by atoms with Gasteiger partial charge in [0.15, 0.2) is 0 Å². The highest BCUT2D eigenvalue weighted by Crippen LogP contribution is 2.32. The monoisotopic (exact) mass is 251 g/mol. The van der Waals surface area contributed by atoms with Crippen LogP contribution in [-0.2, 0) is 12.8 Å². The minimum Gasteiger partial charge on any atom is -0.351 e.